The van der Waals surface area contributed by atoms with Gasteiger partial charge in [-0.1, -0.05) is 0 Å². The first-order valence-electron chi connectivity index (χ1n) is 5.86. The lowest BCUT2D eigenvalue weighted by Gasteiger charge is -2.15. The average molecular weight is 390 g/mol. The second kappa shape index (κ2) is 6.87. The van der Waals surface area contributed by atoms with Gasteiger partial charge in [-0.25, -0.2) is 8.42 Å². The van der Waals surface area contributed by atoms with Gasteiger partial charge in [0.25, 0.3) is 10.0 Å². The topological polar surface area (TPSA) is 49.4 Å². The molecule has 8 heteroatoms. The van der Waals surface area contributed by atoms with Crippen LogP contribution in [0.15, 0.2) is 14.1 Å². The predicted octanol–water partition coefficient (Wildman–Crippen LogP) is 2.47. The molecule has 0 bridgehead atoms. The Morgan fingerprint density at radius 2 is 2.26 bits per heavy atom. The Morgan fingerprint density at radius 1 is 1.58 bits per heavy atom. The Labute approximate surface area is 133 Å². The first kappa shape index (κ1) is 17.4. The number of halogens is 2. The number of rotatable bonds is 4. The molecule has 1 aromatic heterocycles. The van der Waals surface area contributed by atoms with Crippen molar-refractivity contribution in [3.8, 4) is 0 Å². The van der Waals surface area contributed by atoms with Crippen molar-refractivity contribution >= 4 is 49.7 Å². The third-order valence-electron chi connectivity index (χ3n) is 3.17. The largest absolute Gasteiger partial charge is 0.319 e. The molecule has 1 saturated heterocycles. The van der Waals surface area contributed by atoms with Gasteiger partial charge in [-0.2, -0.15) is 4.31 Å². The molecule has 4 nitrogen and oxygen atoms in total. The smallest absolute Gasteiger partial charge is 0.252 e. The number of hydrogen-bond donors (Lipinski definition) is 1. The molecule has 0 aromatic carbocycles. The van der Waals surface area contributed by atoms with E-state index in [0.717, 1.165) is 22.3 Å². The van der Waals surface area contributed by atoms with Crippen LogP contribution >= 0.6 is 39.7 Å². The van der Waals surface area contributed by atoms with E-state index in [-0.39, 0.29) is 12.4 Å². The molecule has 1 atom stereocenters. The SMILES string of the molecule is CNCC1CCN(S(=O)(=O)c2cc(C)c(Br)s2)C1.Cl. The Morgan fingerprint density at radius 3 is 2.79 bits per heavy atom. The summed E-state index contributed by atoms with van der Waals surface area (Å²) in [7, 11) is -1.40. The number of aryl methyl sites for hydroxylation is 1. The van der Waals surface area contributed by atoms with Crippen molar-refractivity contribution in [2.24, 2.45) is 5.92 Å². The van der Waals surface area contributed by atoms with Gasteiger partial charge in [0.05, 0.1) is 3.79 Å². The number of nitrogens with zero attached hydrogens (tertiary/aromatic N) is 1. The lowest BCUT2D eigenvalue weighted by atomic mass is 10.1. The molecular weight excluding hydrogens is 372 g/mol. The van der Waals surface area contributed by atoms with E-state index in [1.54, 1.807) is 10.4 Å². The Bertz CT molecular complexity index is 513. The van der Waals surface area contributed by atoms with Gasteiger partial charge in [0.15, 0.2) is 0 Å². The number of hydrogen-bond acceptors (Lipinski definition) is 4. The maximum absolute atomic E-state index is 12.4. The van der Waals surface area contributed by atoms with Gasteiger partial charge in [-0.05, 0) is 60.4 Å². The molecule has 1 aliphatic rings. The zero-order valence-electron chi connectivity index (χ0n) is 10.8. The van der Waals surface area contributed by atoms with E-state index in [1.807, 2.05) is 14.0 Å². The summed E-state index contributed by atoms with van der Waals surface area (Å²) >= 11 is 4.67. The van der Waals surface area contributed by atoms with E-state index in [0.29, 0.717) is 23.2 Å². The van der Waals surface area contributed by atoms with Crippen LogP contribution in [-0.2, 0) is 10.0 Å². The summed E-state index contributed by atoms with van der Waals surface area (Å²) in [6, 6.07) is 1.75. The van der Waals surface area contributed by atoms with Gasteiger partial charge in [0.2, 0.25) is 0 Å². The summed E-state index contributed by atoms with van der Waals surface area (Å²) in [5, 5.41) is 3.11. The first-order valence-corrected chi connectivity index (χ1v) is 8.90. The molecule has 1 aromatic rings. The van der Waals surface area contributed by atoms with Crippen molar-refractivity contribution in [1.29, 1.82) is 0 Å². The van der Waals surface area contributed by atoms with Crippen LogP contribution in [0.5, 0.6) is 0 Å². The predicted molar refractivity (Wildman–Crippen MR) is 84.8 cm³/mol. The minimum absolute atomic E-state index is 0. The molecule has 0 amide bonds. The van der Waals surface area contributed by atoms with Crippen molar-refractivity contribution < 1.29 is 8.42 Å². The van der Waals surface area contributed by atoms with Crippen molar-refractivity contribution in [3.05, 3.63) is 15.4 Å². The van der Waals surface area contributed by atoms with E-state index in [4.69, 9.17) is 0 Å². The molecule has 0 saturated carbocycles. The number of thiophene rings is 1. The summed E-state index contributed by atoms with van der Waals surface area (Å²) in [6.07, 6.45) is 0.936. The average Bonchev–Trinajstić information content (AvgIpc) is 2.88. The highest BCUT2D eigenvalue weighted by molar-refractivity contribution is 9.11. The fourth-order valence-corrected chi connectivity index (χ4v) is 6.07. The Kier molecular flexibility index (Phi) is 6.28. The van der Waals surface area contributed by atoms with Gasteiger partial charge in [0, 0.05) is 13.1 Å². The lowest BCUT2D eigenvalue weighted by molar-refractivity contribution is 0.452. The van der Waals surface area contributed by atoms with Crippen LogP contribution in [0.3, 0.4) is 0 Å². The maximum Gasteiger partial charge on any atom is 0.252 e. The summed E-state index contributed by atoms with van der Waals surface area (Å²) in [6.45, 7) is 4.04. The zero-order valence-corrected chi connectivity index (χ0v) is 14.9. The standard InChI is InChI=1S/C11H17BrN2O2S2.ClH/c1-8-5-10(17-11(8)12)18(15,16)14-4-3-9(7-14)6-13-2;/h5,9,13H,3-4,6-7H2,1-2H3;1H. The van der Waals surface area contributed by atoms with Gasteiger partial charge in [0.1, 0.15) is 4.21 Å². The van der Waals surface area contributed by atoms with Crippen LogP contribution < -0.4 is 5.32 Å². The minimum atomic E-state index is -3.30. The van der Waals surface area contributed by atoms with E-state index in [1.165, 1.54) is 11.3 Å². The third-order valence-corrected chi connectivity index (χ3v) is 7.62. The molecule has 1 unspecified atom stereocenters. The molecule has 2 heterocycles. The Hall–Kier alpha value is 0.340. The van der Waals surface area contributed by atoms with Gasteiger partial charge < -0.3 is 5.32 Å². The highest BCUT2D eigenvalue weighted by atomic mass is 79.9. The molecule has 19 heavy (non-hydrogen) atoms. The van der Waals surface area contributed by atoms with Crippen LogP contribution in [0.2, 0.25) is 0 Å². The fraction of sp³-hybridized carbons (Fsp3) is 0.636. The first-order chi connectivity index (χ1) is 8.45. The van der Waals surface area contributed by atoms with Crippen molar-refractivity contribution in [3.63, 3.8) is 0 Å². The minimum Gasteiger partial charge on any atom is -0.319 e. The second-order valence-corrected chi connectivity index (χ2v) is 9.13. The zero-order chi connectivity index (χ0) is 13.3. The van der Waals surface area contributed by atoms with Crippen LogP contribution in [0.1, 0.15) is 12.0 Å². The van der Waals surface area contributed by atoms with Crippen molar-refractivity contribution in [1.82, 2.24) is 9.62 Å². The molecule has 0 radical (unpaired) electrons. The summed E-state index contributed by atoms with van der Waals surface area (Å²) in [5.41, 5.74) is 0.976. The molecule has 0 aliphatic carbocycles. The highest BCUT2D eigenvalue weighted by Crippen LogP contribution is 2.33. The maximum atomic E-state index is 12.4. The fourth-order valence-electron chi connectivity index (χ4n) is 2.16. The van der Waals surface area contributed by atoms with Crippen LogP contribution in [0, 0.1) is 12.8 Å². The molecule has 2 rings (SSSR count). The quantitative estimate of drug-likeness (QED) is 0.860. The van der Waals surface area contributed by atoms with Gasteiger partial charge >= 0.3 is 0 Å². The van der Waals surface area contributed by atoms with Crippen LogP contribution in [0.25, 0.3) is 0 Å². The monoisotopic (exact) mass is 388 g/mol. The van der Waals surface area contributed by atoms with Crippen LogP contribution in [0.4, 0.5) is 0 Å². The number of sulfonamides is 1. The third kappa shape index (κ3) is 3.71. The lowest BCUT2D eigenvalue weighted by Crippen LogP contribution is -2.30. The summed E-state index contributed by atoms with van der Waals surface area (Å²) in [5.74, 6) is 0.425. The molecular formula is C11H18BrClN2O2S2. The highest BCUT2D eigenvalue weighted by Gasteiger charge is 2.33. The molecule has 1 aliphatic heterocycles. The van der Waals surface area contributed by atoms with Crippen molar-refractivity contribution in [2.45, 2.75) is 17.6 Å². The molecule has 0 spiro atoms. The van der Waals surface area contributed by atoms with Crippen LogP contribution in [-0.4, -0.2) is 39.4 Å². The van der Waals surface area contributed by atoms with Crippen molar-refractivity contribution in [2.75, 3.05) is 26.7 Å². The molecule has 1 fully saturated rings. The molecule has 1 N–H and O–H groups in total. The van der Waals surface area contributed by atoms with E-state index in [2.05, 4.69) is 21.2 Å². The van der Waals surface area contributed by atoms with Gasteiger partial charge in [-0.15, -0.1) is 23.7 Å². The van der Waals surface area contributed by atoms with Gasteiger partial charge in [-0.3, -0.25) is 0 Å². The molecule has 110 valence electrons. The van der Waals surface area contributed by atoms with E-state index >= 15 is 0 Å². The summed E-state index contributed by atoms with van der Waals surface area (Å²) in [4.78, 5) is 0. The van der Waals surface area contributed by atoms with E-state index < -0.39 is 10.0 Å². The summed E-state index contributed by atoms with van der Waals surface area (Å²) < 4.78 is 27.8. The normalized spacial score (nSPS) is 20.5. The second-order valence-electron chi connectivity index (χ2n) is 4.60. The number of nitrogens with one attached hydrogen (secondary N) is 1. The van der Waals surface area contributed by atoms with E-state index in [9.17, 15) is 8.42 Å². The Balaban J connectivity index is 0.00000180.